The summed E-state index contributed by atoms with van der Waals surface area (Å²) in [5.41, 5.74) is 3.50. The highest BCUT2D eigenvalue weighted by atomic mass is 16.6. The van der Waals surface area contributed by atoms with E-state index in [0.717, 1.165) is 29.5 Å². The lowest BCUT2D eigenvalue weighted by atomic mass is 9.79. The predicted octanol–water partition coefficient (Wildman–Crippen LogP) is 7.32. The number of hydrogen-bond acceptors (Lipinski definition) is 3. The number of rotatable bonds is 9. The second-order valence-electron chi connectivity index (χ2n) is 9.85. The minimum atomic E-state index is -0.847. The summed E-state index contributed by atoms with van der Waals surface area (Å²) in [6.07, 6.45) is 1.45. The molecule has 0 aliphatic carbocycles. The first-order valence-electron chi connectivity index (χ1n) is 13.2. The first-order chi connectivity index (χ1) is 18.8. The number of ether oxygens (including phenoxy) is 2. The molecule has 38 heavy (non-hydrogen) atoms. The average Bonchev–Trinajstić information content (AvgIpc) is 2.99. The zero-order valence-electron chi connectivity index (χ0n) is 21.2. The van der Waals surface area contributed by atoms with Crippen molar-refractivity contribution in [2.24, 2.45) is 5.92 Å². The molecule has 1 aliphatic heterocycles. The van der Waals surface area contributed by atoms with Crippen LogP contribution < -0.4 is 0 Å². The van der Waals surface area contributed by atoms with Crippen LogP contribution in [-0.4, -0.2) is 18.7 Å². The van der Waals surface area contributed by atoms with E-state index in [1.807, 2.05) is 54.6 Å². The average molecular weight is 499 g/mol. The lowest BCUT2D eigenvalue weighted by Gasteiger charge is -2.40. The van der Waals surface area contributed by atoms with Crippen LogP contribution in [0.5, 0.6) is 0 Å². The van der Waals surface area contributed by atoms with Gasteiger partial charge in [0.2, 0.25) is 0 Å². The van der Waals surface area contributed by atoms with Crippen molar-refractivity contribution in [1.82, 2.24) is 0 Å². The van der Waals surface area contributed by atoms with E-state index in [0.29, 0.717) is 0 Å². The number of esters is 1. The molecule has 0 spiro atoms. The van der Waals surface area contributed by atoms with E-state index in [-0.39, 0.29) is 24.6 Å². The smallest absolute Gasteiger partial charge is 0.315 e. The molecule has 0 unspecified atom stereocenters. The Morgan fingerprint density at radius 3 is 1.74 bits per heavy atom. The van der Waals surface area contributed by atoms with Crippen LogP contribution in [0.2, 0.25) is 0 Å². The third-order valence-corrected chi connectivity index (χ3v) is 7.62. The summed E-state index contributed by atoms with van der Waals surface area (Å²) in [6, 6.07) is 45.6. The van der Waals surface area contributed by atoms with Crippen molar-refractivity contribution in [3.8, 4) is 0 Å². The van der Waals surface area contributed by atoms with Gasteiger partial charge in [-0.05, 0) is 45.9 Å². The molecule has 2 atom stereocenters. The van der Waals surface area contributed by atoms with Gasteiger partial charge in [0.1, 0.15) is 17.6 Å². The Morgan fingerprint density at radius 2 is 1.16 bits per heavy atom. The second-order valence-corrected chi connectivity index (χ2v) is 9.85. The highest BCUT2D eigenvalue weighted by molar-refractivity contribution is 5.85. The molecule has 5 aromatic carbocycles. The summed E-state index contributed by atoms with van der Waals surface area (Å²) in [5.74, 6) is -0.489. The van der Waals surface area contributed by atoms with Gasteiger partial charge in [-0.1, -0.05) is 133 Å². The van der Waals surface area contributed by atoms with Crippen molar-refractivity contribution < 1.29 is 14.3 Å². The molecule has 3 nitrogen and oxygen atoms in total. The summed E-state index contributed by atoms with van der Waals surface area (Å²) in [7, 11) is 0. The maximum atomic E-state index is 12.7. The van der Waals surface area contributed by atoms with Gasteiger partial charge >= 0.3 is 5.97 Å². The summed E-state index contributed by atoms with van der Waals surface area (Å²) in [6.45, 7) is 0.276. The molecule has 1 heterocycles. The maximum absolute atomic E-state index is 12.7. The third-order valence-electron chi connectivity index (χ3n) is 7.62. The van der Waals surface area contributed by atoms with Gasteiger partial charge in [0.05, 0.1) is 6.61 Å². The molecule has 6 rings (SSSR count). The molecule has 0 bridgehead atoms. The molecule has 1 aliphatic rings. The van der Waals surface area contributed by atoms with Crippen molar-refractivity contribution in [1.29, 1.82) is 0 Å². The Kier molecular flexibility index (Phi) is 6.76. The van der Waals surface area contributed by atoms with Crippen LogP contribution in [0.4, 0.5) is 0 Å². The van der Waals surface area contributed by atoms with E-state index >= 15 is 0 Å². The van der Waals surface area contributed by atoms with Gasteiger partial charge in [-0.2, -0.15) is 0 Å². The Hall–Kier alpha value is -4.21. The van der Waals surface area contributed by atoms with Gasteiger partial charge in [0.15, 0.2) is 0 Å². The van der Waals surface area contributed by atoms with Crippen LogP contribution in [0, 0.1) is 5.92 Å². The van der Waals surface area contributed by atoms with E-state index in [2.05, 4.69) is 78.9 Å². The molecule has 1 saturated heterocycles. The summed E-state index contributed by atoms with van der Waals surface area (Å²) in [5, 5.41) is 2.48. The zero-order chi connectivity index (χ0) is 25.8. The molecule has 0 radical (unpaired) electrons. The number of fused-ring (bicyclic) bond motifs is 1. The van der Waals surface area contributed by atoms with Crippen molar-refractivity contribution >= 4 is 16.7 Å². The summed E-state index contributed by atoms with van der Waals surface area (Å²) < 4.78 is 12.6. The molecule has 188 valence electrons. The number of carbonyl (C=O) groups is 1. The fraction of sp³-hybridized carbons (Fsp3) is 0.171. The normalized spacial score (nSPS) is 17.1. The van der Waals surface area contributed by atoms with E-state index < -0.39 is 5.60 Å². The molecule has 0 saturated carbocycles. The van der Waals surface area contributed by atoms with E-state index in [1.165, 1.54) is 16.3 Å². The topological polar surface area (TPSA) is 35.5 Å². The molecule has 3 heteroatoms. The van der Waals surface area contributed by atoms with Gasteiger partial charge < -0.3 is 9.47 Å². The number of cyclic esters (lactones) is 1. The number of carbonyl (C=O) groups excluding carboxylic acids is 1. The van der Waals surface area contributed by atoms with Crippen molar-refractivity contribution in [3.63, 3.8) is 0 Å². The van der Waals surface area contributed by atoms with Crippen LogP contribution in [0.25, 0.3) is 10.8 Å². The Bertz CT molecular complexity index is 1410. The van der Waals surface area contributed by atoms with E-state index in [4.69, 9.17) is 9.47 Å². The van der Waals surface area contributed by atoms with Gasteiger partial charge in [0.25, 0.3) is 0 Å². The Labute approximate surface area is 223 Å². The highest BCUT2D eigenvalue weighted by Gasteiger charge is 2.45. The Balaban J connectivity index is 1.28. The summed E-state index contributed by atoms with van der Waals surface area (Å²) in [4.78, 5) is 12.7. The van der Waals surface area contributed by atoms with Gasteiger partial charge in [-0.3, -0.25) is 4.79 Å². The summed E-state index contributed by atoms with van der Waals surface area (Å²) >= 11 is 0. The van der Waals surface area contributed by atoms with Crippen LogP contribution >= 0.6 is 0 Å². The lowest BCUT2D eigenvalue weighted by molar-refractivity contribution is -0.194. The van der Waals surface area contributed by atoms with Crippen molar-refractivity contribution in [2.75, 3.05) is 6.61 Å². The Morgan fingerprint density at radius 1 is 0.632 bits per heavy atom. The monoisotopic (exact) mass is 498 g/mol. The zero-order valence-corrected chi connectivity index (χ0v) is 21.2. The molecule has 0 amide bonds. The highest BCUT2D eigenvalue weighted by Crippen LogP contribution is 2.42. The van der Waals surface area contributed by atoms with Gasteiger partial charge in [0, 0.05) is 0 Å². The largest absolute Gasteiger partial charge is 0.461 e. The molecule has 5 aromatic rings. The van der Waals surface area contributed by atoms with Crippen LogP contribution in [0.1, 0.15) is 28.7 Å². The molecular weight excluding hydrogens is 468 g/mol. The first kappa shape index (κ1) is 24.1. The quantitative estimate of drug-likeness (QED) is 0.158. The maximum Gasteiger partial charge on any atom is 0.315 e. The number of hydrogen-bond donors (Lipinski definition) is 0. The fourth-order valence-corrected chi connectivity index (χ4v) is 5.63. The van der Waals surface area contributed by atoms with Crippen LogP contribution in [0.15, 0.2) is 133 Å². The predicted molar refractivity (Wildman–Crippen MR) is 151 cm³/mol. The first-order valence-corrected chi connectivity index (χ1v) is 13.2. The minimum absolute atomic E-state index is 0.165. The fourth-order valence-electron chi connectivity index (χ4n) is 5.63. The van der Waals surface area contributed by atoms with E-state index in [1.54, 1.807) is 0 Å². The third kappa shape index (κ3) is 4.51. The SMILES string of the molecule is O=C1O[C@@H](CCc2cccc3ccccc23)[C@@H]1COC(c1ccccc1)(c1ccccc1)c1ccccc1. The minimum Gasteiger partial charge on any atom is -0.461 e. The van der Waals surface area contributed by atoms with Crippen LogP contribution in [0.3, 0.4) is 0 Å². The number of benzene rings is 5. The molecule has 1 fully saturated rings. The lowest BCUT2D eigenvalue weighted by Crippen LogP contribution is -2.49. The second kappa shape index (κ2) is 10.6. The van der Waals surface area contributed by atoms with Crippen molar-refractivity contribution in [3.05, 3.63) is 156 Å². The molecule has 0 aromatic heterocycles. The van der Waals surface area contributed by atoms with Gasteiger partial charge in [-0.25, -0.2) is 0 Å². The standard InChI is InChI=1S/C35H30O3/c36-34-32(33(38-34)24-23-27-15-12-14-26-13-10-11-22-31(26)27)25-37-35(28-16-4-1-5-17-28,29-18-6-2-7-19-29)30-20-8-3-9-21-30/h1-22,32-33H,23-25H2/t32-,33-/m0/s1. The van der Waals surface area contributed by atoms with E-state index in [9.17, 15) is 4.79 Å². The van der Waals surface area contributed by atoms with Gasteiger partial charge in [-0.15, -0.1) is 0 Å². The molecular formula is C35H30O3. The number of aryl methyl sites for hydroxylation is 1. The molecule has 0 N–H and O–H groups in total. The van der Waals surface area contributed by atoms with Crippen molar-refractivity contribution in [2.45, 2.75) is 24.5 Å². The van der Waals surface area contributed by atoms with Crippen LogP contribution in [-0.2, 0) is 26.3 Å².